The number of benzene rings is 2. The van der Waals surface area contributed by atoms with Crippen molar-refractivity contribution in [2.45, 2.75) is 13.0 Å². The molecular weight excluding hydrogens is 328 g/mol. The van der Waals surface area contributed by atoms with Crippen molar-refractivity contribution >= 4 is 28.5 Å². The van der Waals surface area contributed by atoms with E-state index in [1.807, 2.05) is 6.07 Å². The SMILES string of the molecule is O=C(Cc1ccc(Cl)cc1)OCCn1cnc2ccccc2c1=O. The van der Waals surface area contributed by atoms with Gasteiger partial charge in [0.05, 0.1) is 30.2 Å². The average molecular weight is 343 g/mol. The molecule has 0 saturated heterocycles. The number of aromatic nitrogens is 2. The lowest BCUT2D eigenvalue weighted by molar-refractivity contribution is -0.143. The Labute approximate surface area is 143 Å². The standard InChI is InChI=1S/C18H15ClN2O3/c19-14-7-5-13(6-8-14)11-17(22)24-10-9-21-12-20-16-4-2-1-3-15(16)18(21)23/h1-8,12H,9-11H2. The van der Waals surface area contributed by atoms with E-state index in [9.17, 15) is 9.59 Å². The van der Waals surface area contributed by atoms with E-state index in [2.05, 4.69) is 4.98 Å². The number of hydrogen-bond donors (Lipinski definition) is 0. The first-order valence-electron chi connectivity index (χ1n) is 7.48. The number of carbonyl (C=O) groups is 1. The summed E-state index contributed by atoms with van der Waals surface area (Å²) in [5.74, 6) is -0.348. The highest BCUT2D eigenvalue weighted by Crippen LogP contribution is 2.10. The summed E-state index contributed by atoms with van der Waals surface area (Å²) >= 11 is 5.80. The zero-order valence-electron chi connectivity index (χ0n) is 12.8. The van der Waals surface area contributed by atoms with Crippen LogP contribution in [-0.2, 0) is 22.5 Å². The first-order chi connectivity index (χ1) is 11.6. The molecule has 0 bridgehead atoms. The summed E-state index contributed by atoms with van der Waals surface area (Å²) in [5.41, 5.74) is 1.33. The fourth-order valence-electron chi connectivity index (χ4n) is 2.34. The molecule has 0 unspecified atom stereocenters. The van der Waals surface area contributed by atoms with Crippen molar-refractivity contribution in [1.29, 1.82) is 0 Å². The Hall–Kier alpha value is -2.66. The third kappa shape index (κ3) is 3.81. The monoisotopic (exact) mass is 342 g/mol. The predicted molar refractivity (Wildman–Crippen MR) is 92.1 cm³/mol. The van der Waals surface area contributed by atoms with Gasteiger partial charge < -0.3 is 4.74 Å². The number of fused-ring (bicyclic) bond motifs is 1. The van der Waals surface area contributed by atoms with Crippen LogP contribution in [0, 0.1) is 0 Å². The van der Waals surface area contributed by atoms with Crippen LogP contribution in [0.4, 0.5) is 0 Å². The first kappa shape index (κ1) is 16.2. The molecule has 2 aromatic carbocycles. The lowest BCUT2D eigenvalue weighted by Gasteiger charge is -2.08. The molecule has 0 amide bonds. The van der Waals surface area contributed by atoms with Crippen LogP contribution >= 0.6 is 11.6 Å². The van der Waals surface area contributed by atoms with Gasteiger partial charge in [0.15, 0.2) is 0 Å². The van der Waals surface area contributed by atoms with Gasteiger partial charge in [0.2, 0.25) is 0 Å². The summed E-state index contributed by atoms with van der Waals surface area (Å²) in [6.45, 7) is 0.384. The van der Waals surface area contributed by atoms with Gasteiger partial charge in [-0.05, 0) is 29.8 Å². The number of carbonyl (C=O) groups excluding carboxylic acids is 1. The van der Waals surface area contributed by atoms with Crippen molar-refractivity contribution in [2.24, 2.45) is 0 Å². The summed E-state index contributed by atoms with van der Waals surface area (Å²) in [4.78, 5) is 28.3. The number of para-hydroxylation sites is 1. The van der Waals surface area contributed by atoms with Gasteiger partial charge in [-0.2, -0.15) is 0 Å². The highest BCUT2D eigenvalue weighted by molar-refractivity contribution is 6.30. The fourth-order valence-corrected chi connectivity index (χ4v) is 2.47. The van der Waals surface area contributed by atoms with E-state index in [0.717, 1.165) is 5.56 Å². The minimum atomic E-state index is -0.348. The number of rotatable bonds is 5. The maximum atomic E-state index is 12.3. The van der Waals surface area contributed by atoms with Crippen molar-refractivity contribution in [3.8, 4) is 0 Å². The van der Waals surface area contributed by atoms with Gasteiger partial charge in [-0.25, -0.2) is 4.98 Å². The molecule has 5 nitrogen and oxygen atoms in total. The molecule has 122 valence electrons. The smallest absolute Gasteiger partial charge is 0.310 e. The van der Waals surface area contributed by atoms with Gasteiger partial charge in [0.25, 0.3) is 5.56 Å². The quantitative estimate of drug-likeness (QED) is 0.669. The summed E-state index contributed by atoms with van der Waals surface area (Å²) in [6.07, 6.45) is 1.64. The zero-order valence-corrected chi connectivity index (χ0v) is 13.6. The number of ether oxygens (including phenoxy) is 1. The van der Waals surface area contributed by atoms with E-state index in [1.165, 1.54) is 10.9 Å². The van der Waals surface area contributed by atoms with Crippen LogP contribution in [0.25, 0.3) is 10.9 Å². The third-order valence-electron chi connectivity index (χ3n) is 3.59. The summed E-state index contributed by atoms with van der Waals surface area (Å²) in [5, 5.41) is 1.17. The molecule has 0 aliphatic heterocycles. The van der Waals surface area contributed by atoms with Crippen LogP contribution in [0.15, 0.2) is 59.7 Å². The Morgan fingerprint density at radius 1 is 1.12 bits per heavy atom. The van der Waals surface area contributed by atoms with Gasteiger partial charge >= 0.3 is 5.97 Å². The largest absolute Gasteiger partial charge is 0.464 e. The van der Waals surface area contributed by atoms with Gasteiger partial charge in [-0.1, -0.05) is 35.9 Å². The minimum absolute atomic E-state index is 0.117. The molecule has 0 radical (unpaired) electrons. The minimum Gasteiger partial charge on any atom is -0.464 e. The molecule has 1 aromatic heterocycles. The molecule has 1 heterocycles. The van der Waals surface area contributed by atoms with Crippen LogP contribution in [0.5, 0.6) is 0 Å². The maximum Gasteiger partial charge on any atom is 0.310 e. The molecule has 6 heteroatoms. The molecule has 0 fully saturated rings. The molecular formula is C18H15ClN2O3. The lowest BCUT2D eigenvalue weighted by Crippen LogP contribution is -2.23. The van der Waals surface area contributed by atoms with E-state index in [0.29, 0.717) is 15.9 Å². The van der Waals surface area contributed by atoms with Crippen molar-refractivity contribution in [3.63, 3.8) is 0 Å². The number of halogens is 1. The van der Waals surface area contributed by atoms with E-state index in [4.69, 9.17) is 16.3 Å². The molecule has 0 aliphatic rings. The number of nitrogens with zero attached hydrogens (tertiary/aromatic N) is 2. The highest BCUT2D eigenvalue weighted by Gasteiger charge is 2.07. The molecule has 3 rings (SSSR count). The van der Waals surface area contributed by atoms with Crippen molar-refractivity contribution in [1.82, 2.24) is 9.55 Å². The lowest BCUT2D eigenvalue weighted by atomic mass is 10.1. The van der Waals surface area contributed by atoms with Crippen LogP contribution in [0.2, 0.25) is 5.02 Å². The molecule has 24 heavy (non-hydrogen) atoms. The topological polar surface area (TPSA) is 61.2 Å². The molecule has 0 atom stereocenters. The van der Waals surface area contributed by atoms with Gasteiger partial charge in [0, 0.05) is 5.02 Å². The van der Waals surface area contributed by atoms with Gasteiger partial charge in [-0.3, -0.25) is 14.2 Å². The Morgan fingerprint density at radius 3 is 2.67 bits per heavy atom. The fraction of sp³-hybridized carbons (Fsp3) is 0.167. The van der Waals surface area contributed by atoms with E-state index < -0.39 is 0 Å². The summed E-state index contributed by atoms with van der Waals surface area (Å²) < 4.78 is 6.63. The third-order valence-corrected chi connectivity index (χ3v) is 3.84. The first-order valence-corrected chi connectivity index (χ1v) is 7.85. The number of esters is 1. The Balaban J connectivity index is 1.58. The van der Waals surface area contributed by atoms with Crippen LogP contribution in [0.3, 0.4) is 0 Å². The van der Waals surface area contributed by atoms with E-state index in [-0.39, 0.29) is 31.1 Å². The second kappa shape index (κ2) is 7.27. The molecule has 3 aromatic rings. The summed E-state index contributed by atoms with van der Waals surface area (Å²) in [6, 6.07) is 14.2. The second-order valence-corrected chi connectivity index (χ2v) is 5.72. The molecule has 0 N–H and O–H groups in total. The zero-order chi connectivity index (χ0) is 16.9. The number of hydrogen-bond acceptors (Lipinski definition) is 4. The van der Waals surface area contributed by atoms with Crippen molar-refractivity contribution in [2.75, 3.05) is 6.61 Å². The van der Waals surface area contributed by atoms with Crippen LogP contribution in [-0.4, -0.2) is 22.1 Å². The van der Waals surface area contributed by atoms with Crippen molar-refractivity contribution in [3.05, 3.63) is 75.8 Å². The van der Waals surface area contributed by atoms with Crippen LogP contribution < -0.4 is 5.56 Å². The average Bonchev–Trinajstić information content (AvgIpc) is 2.59. The molecule has 0 spiro atoms. The Morgan fingerprint density at radius 2 is 1.88 bits per heavy atom. The molecule has 0 saturated carbocycles. The molecule has 0 aliphatic carbocycles. The Kier molecular flexibility index (Phi) is 4.91. The normalized spacial score (nSPS) is 10.7. The van der Waals surface area contributed by atoms with E-state index >= 15 is 0 Å². The van der Waals surface area contributed by atoms with Crippen LogP contribution in [0.1, 0.15) is 5.56 Å². The van der Waals surface area contributed by atoms with Gasteiger partial charge in [0.1, 0.15) is 6.61 Å². The van der Waals surface area contributed by atoms with Crippen molar-refractivity contribution < 1.29 is 9.53 Å². The summed E-state index contributed by atoms with van der Waals surface area (Å²) in [7, 11) is 0. The highest BCUT2D eigenvalue weighted by atomic mass is 35.5. The maximum absolute atomic E-state index is 12.3. The predicted octanol–water partition coefficient (Wildman–Crippen LogP) is 2.84. The van der Waals surface area contributed by atoms with Gasteiger partial charge in [-0.15, -0.1) is 0 Å². The van der Waals surface area contributed by atoms with E-state index in [1.54, 1.807) is 42.5 Å². The second-order valence-electron chi connectivity index (χ2n) is 5.28. The Bertz CT molecular complexity index is 919.